The molecule has 0 radical (unpaired) electrons. The molecule has 3 aromatic rings. The van der Waals surface area contributed by atoms with Gasteiger partial charge in [0.2, 0.25) is 5.91 Å². The van der Waals surface area contributed by atoms with Crippen molar-refractivity contribution in [2.24, 2.45) is 0 Å². The normalized spacial score (nSPS) is 15.8. The zero-order valence-corrected chi connectivity index (χ0v) is 24.0. The van der Waals surface area contributed by atoms with Crippen molar-refractivity contribution in [2.75, 3.05) is 17.4 Å². The first-order valence-corrected chi connectivity index (χ1v) is 14.7. The van der Waals surface area contributed by atoms with E-state index in [0.717, 1.165) is 34.0 Å². The molecule has 1 aliphatic rings. The number of carbonyl (C=O) groups excluding carboxylic acids is 1. The summed E-state index contributed by atoms with van der Waals surface area (Å²) in [4.78, 5) is 15.4. The molecule has 1 saturated heterocycles. The van der Waals surface area contributed by atoms with Crippen molar-refractivity contribution < 1.29 is 13.2 Å². The number of likely N-dealkylation sites (tertiary alicyclic amines) is 1. The molecule has 0 bridgehead atoms. The molecule has 1 fully saturated rings. The topological polar surface area (TPSA) is 57.7 Å². The Kier molecular flexibility index (Phi) is 8.35. The SMILES string of the molecule is Cc1cc(C)cc(N(CCC(=O)N2CCCC2c2cc(Br)ccc2Cl)S(=O)(=O)c2ccc(Cl)cc2)c1. The van der Waals surface area contributed by atoms with E-state index in [9.17, 15) is 13.2 Å². The molecule has 1 heterocycles. The van der Waals surface area contributed by atoms with Gasteiger partial charge in [-0.1, -0.05) is 45.2 Å². The highest BCUT2D eigenvalue weighted by atomic mass is 79.9. The maximum atomic E-state index is 13.7. The molecule has 0 aromatic heterocycles. The number of rotatable bonds is 7. The fourth-order valence-corrected chi connectivity index (χ4v) is 6.91. The lowest BCUT2D eigenvalue weighted by Crippen LogP contribution is -2.37. The third-order valence-corrected chi connectivity index (χ3v) is 9.25. The Morgan fingerprint density at radius 2 is 1.69 bits per heavy atom. The van der Waals surface area contributed by atoms with E-state index in [-0.39, 0.29) is 29.8 Å². The van der Waals surface area contributed by atoms with E-state index in [0.29, 0.717) is 22.3 Å². The number of nitrogens with zero attached hydrogens (tertiary/aromatic N) is 2. The van der Waals surface area contributed by atoms with Crippen LogP contribution in [-0.4, -0.2) is 32.3 Å². The second-order valence-electron chi connectivity index (χ2n) is 9.04. The van der Waals surface area contributed by atoms with Gasteiger partial charge in [-0.3, -0.25) is 9.10 Å². The van der Waals surface area contributed by atoms with Gasteiger partial charge in [0.25, 0.3) is 10.0 Å². The summed E-state index contributed by atoms with van der Waals surface area (Å²) in [6.07, 6.45) is 1.72. The Labute approximate surface area is 231 Å². The number of carbonyl (C=O) groups is 1. The lowest BCUT2D eigenvalue weighted by atomic mass is 10.0. The number of hydrogen-bond acceptors (Lipinski definition) is 3. The molecule has 1 atom stereocenters. The summed E-state index contributed by atoms with van der Waals surface area (Å²) in [6.45, 7) is 4.47. The van der Waals surface area contributed by atoms with Crippen LogP contribution in [0.2, 0.25) is 10.0 Å². The van der Waals surface area contributed by atoms with Gasteiger partial charge in [-0.15, -0.1) is 0 Å². The van der Waals surface area contributed by atoms with Crippen LogP contribution in [0.4, 0.5) is 5.69 Å². The third-order valence-electron chi connectivity index (χ3n) is 6.32. The monoisotopic (exact) mass is 608 g/mol. The predicted octanol–water partition coefficient (Wildman–Crippen LogP) is 7.32. The van der Waals surface area contributed by atoms with Crippen LogP contribution in [0.3, 0.4) is 0 Å². The molecule has 0 aliphatic carbocycles. The van der Waals surface area contributed by atoms with Crippen LogP contribution in [-0.2, 0) is 14.8 Å². The zero-order chi connectivity index (χ0) is 26.0. The zero-order valence-electron chi connectivity index (χ0n) is 20.0. The molecule has 0 spiro atoms. The fourth-order valence-electron chi connectivity index (χ4n) is 4.72. The number of sulfonamides is 1. The number of anilines is 1. The molecule has 4 rings (SSSR count). The predicted molar refractivity (Wildman–Crippen MR) is 149 cm³/mol. The summed E-state index contributed by atoms with van der Waals surface area (Å²) in [5.41, 5.74) is 3.31. The van der Waals surface area contributed by atoms with Gasteiger partial charge in [-0.05, 0) is 98.0 Å². The largest absolute Gasteiger partial charge is 0.336 e. The van der Waals surface area contributed by atoms with Gasteiger partial charge in [0.05, 0.1) is 16.6 Å². The smallest absolute Gasteiger partial charge is 0.264 e. The maximum Gasteiger partial charge on any atom is 0.264 e. The molecule has 1 amide bonds. The van der Waals surface area contributed by atoms with Gasteiger partial charge in [-0.25, -0.2) is 8.42 Å². The molecule has 9 heteroatoms. The standard InChI is InChI=1S/C27H27BrCl2N2O3S/c1-18-14-19(2)16-22(15-18)32(36(34,35)23-8-6-21(29)7-9-23)13-11-27(33)31-12-3-4-26(31)24-17-20(28)5-10-25(24)30/h5-10,14-17,26H,3-4,11-13H2,1-2H3. The Bertz CT molecular complexity index is 1360. The van der Waals surface area contributed by atoms with E-state index in [1.165, 1.54) is 16.4 Å². The summed E-state index contributed by atoms with van der Waals surface area (Å²) in [6, 6.07) is 17.2. The minimum absolute atomic E-state index is 0.0160. The van der Waals surface area contributed by atoms with E-state index in [1.807, 2.05) is 55.1 Å². The Morgan fingerprint density at radius 3 is 2.36 bits per heavy atom. The molecular weight excluding hydrogens is 583 g/mol. The van der Waals surface area contributed by atoms with Crippen LogP contribution in [0.15, 0.2) is 70.0 Å². The van der Waals surface area contributed by atoms with Crippen LogP contribution in [0.25, 0.3) is 0 Å². The summed E-state index contributed by atoms with van der Waals surface area (Å²) < 4.78 is 29.6. The highest BCUT2D eigenvalue weighted by molar-refractivity contribution is 9.10. The minimum Gasteiger partial charge on any atom is -0.336 e. The van der Waals surface area contributed by atoms with Crippen molar-refractivity contribution in [1.82, 2.24) is 4.90 Å². The van der Waals surface area contributed by atoms with Crippen LogP contribution < -0.4 is 4.31 Å². The van der Waals surface area contributed by atoms with E-state index in [4.69, 9.17) is 23.2 Å². The summed E-state index contributed by atoms with van der Waals surface area (Å²) >= 11 is 15.9. The van der Waals surface area contributed by atoms with E-state index in [2.05, 4.69) is 15.9 Å². The molecule has 190 valence electrons. The lowest BCUT2D eigenvalue weighted by Gasteiger charge is -2.29. The highest BCUT2D eigenvalue weighted by Crippen LogP contribution is 2.38. The second-order valence-corrected chi connectivity index (χ2v) is 12.7. The molecule has 1 aliphatic heterocycles. The number of aryl methyl sites for hydroxylation is 2. The second kappa shape index (κ2) is 11.1. The molecule has 5 nitrogen and oxygen atoms in total. The summed E-state index contributed by atoms with van der Waals surface area (Å²) in [5, 5.41) is 1.07. The summed E-state index contributed by atoms with van der Waals surface area (Å²) in [5.74, 6) is -0.103. The first kappa shape index (κ1) is 27.0. The van der Waals surface area contributed by atoms with E-state index < -0.39 is 10.0 Å². The highest BCUT2D eigenvalue weighted by Gasteiger charge is 2.33. The lowest BCUT2D eigenvalue weighted by molar-refractivity contribution is -0.131. The Balaban J connectivity index is 1.62. The Hall–Kier alpha value is -2.06. The maximum absolute atomic E-state index is 13.7. The van der Waals surface area contributed by atoms with Crippen molar-refractivity contribution >= 4 is 60.7 Å². The fraction of sp³-hybridized carbons (Fsp3) is 0.296. The number of benzene rings is 3. The van der Waals surface area contributed by atoms with Crippen molar-refractivity contribution in [3.63, 3.8) is 0 Å². The van der Waals surface area contributed by atoms with Crippen LogP contribution >= 0.6 is 39.1 Å². The van der Waals surface area contributed by atoms with Gasteiger partial charge in [-0.2, -0.15) is 0 Å². The van der Waals surface area contributed by atoms with Crippen LogP contribution in [0.1, 0.15) is 42.0 Å². The van der Waals surface area contributed by atoms with Gasteiger partial charge < -0.3 is 4.90 Å². The average Bonchev–Trinajstić information content (AvgIpc) is 3.30. The quantitative estimate of drug-likeness (QED) is 0.282. The Morgan fingerprint density at radius 1 is 1.03 bits per heavy atom. The van der Waals surface area contributed by atoms with E-state index in [1.54, 1.807) is 12.1 Å². The molecular formula is C27H27BrCl2N2O3S. The van der Waals surface area contributed by atoms with Crippen molar-refractivity contribution in [3.8, 4) is 0 Å². The van der Waals surface area contributed by atoms with E-state index >= 15 is 0 Å². The molecule has 1 unspecified atom stereocenters. The van der Waals surface area contributed by atoms with Crippen molar-refractivity contribution in [3.05, 3.63) is 91.9 Å². The van der Waals surface area contributed by atoms with Gasteiger partial charge >= 0.3 is 0 Å². The third kappa shape index (κ3) is 5.91. The molecule has 0 N–H and O–H groups in total. The number of hydrogen-bond donors (Lipinski definition) is 0. The first-order chi connectivity index (χ1) is 17.1. The van der Waals surface area contributed by atoms with Crippen LogP contribution in [0.5, 0.6) is 0 Å². The first-order valence-electron chi connectivity index (χ1n) is 11.7. The molecule has 36 heavy (non-hydrogen) atoms. The average molecular weight is 610 g/mol. The number of amides is 1. The number of halogens is 3. The van der Waals surface area contributed by atoms with Gasteiger partial charge in [0.15, 0.2) is 0 Å². The minimum atomic E-state index is -3.92. The van der Waals surface area contributed by atoms with Crippen molar-refractivity contribution in [1.29, 1.82) is 0 Å². The van der Waals surface area contributed by atoms with Crippen LogP contribution in [0, 0.1) is 13.8 Å². The van der Waals surface area contributed by atoms with Gasteiger partial charge in [0, 0.05) is 34.0 Å². The van der Waals surface area contributed by atoms with Crippen molar-refractivity contribution in [2.45, 2.75) is 44.0 Å². The molecule has 0 saturated carbocycles. The summed E-state index contributed by atoms with van der Waals surface area (Å²) in [7, 11) is -3.92. The molecule has 3 aromatic carbocycles. The van der Waals surface area contributed by atoms with Gasteiger partial charge in [0.1, 0.15) is 0 Å².